The summed E-state index contributed by atoms with van der Waals surface area (Å²) in [7, 11) is 0. The van der Waals surface area contributed by atoms with Gasteiger partial charge in [0.25, 0.3) is 0 Å². The van der Waals surface area contributed by atoms with Crippen LogP contribution >= 0.6 is 23.5 Å². The lowest BCUT2D eigenvalue weighted by molar-refractivity contribution is 0.131. The lowest BCUT2D eigenvalue weighted by atomic mass is 10.3. The quantitative estimate of drug-likeness (QED) is 0.483. The van der Waals surface area contributed by atoms with Crippen LogP contribution in [0.2, 0.25) is 0 Å². The summed E-state index contributed by atoms with van der Waals surface area (Å²) >= 11 is 4.06. The monoisotopic (exact) mass is 250 g/mol. The van der Waals surface area contributed by atoms with Gasteiger partial charge in [-0.15, -0.1) is 0 Å². The number of hydrogen-bond donors (Lipinski definition) is 0. The molecule has 15 heavy (non-hydrogen) atoms. The predicted molar refractivity (Wildman–Crippen MR) is 75.3 cm³/mol. The van der Waals surface area contributed by atoms with Crippen molar-refractivity contribution in [1.82, 2.24) is 0 Å². The minimum absolute atomic E-state index is 0.934. The van der Waals surface area contributed by atoms with E-state index >= 15 is 0 Å². The lowest BCUT2D eigenvalue weighted by Crippen LogP contribution is -1.96. The highest BCUT2D eigenvalue weighted by Gasteiger charge is 1.92. The fourth-order valence-corrected chi connectivity index (χ4v) is 2.82. The van der Waals surface area contributed by atoms with Crippen molar-refractivity contribution in [2.24, 2.45) is 0 Å². The fourth-order valence-electron chi connectivity index (χ4n) is 1.24. The molecule has 0 N–H and O–H groups in total. The Labute approximate surface area is 104 Å². The maximum atomic E-state index is 5.43. The summed E-state index contributed by atoms with van der Waals surface area (Å²) in [6, 6.07) is 0. The highest BCUT2D eigenvalue weighted by atomic mass is 32.2. The van der Waals surface area contributed by atoms with Gasteiger partial charge in [0.05, 0.1) is 0 Å². The molecule has 0 unspecified atom stereocenters. The van der Waals surface area contributed by atoms with Crippen molar-refractivity contribution in [3.63, 3.8) is 0 Å². The van der Waals surface area contributed by atoms with Gasteiger partial charge in [0.2, 0.25) is 0 Å². The molecule has 0 radical (unpaired) electrons. The Hall–Kier alpha value is 0.660. The molecule has 1 nitrogen and oxygen atoms in total. The standard InChI is InChI=1S/C12H26OS2/c1-3-8-13-9-5-4-6-11-15-12-7-10-14-2/h3-12H2,1-2H3. The normalized spacial score (nSPS) is 10.8. The molecule has 0 aromatic rings. The van der Waals surface area contributed by atoms with Gasteiger partial charge in [-0.05, 0) is 49.2 Å². The van der Waals surface area contributed by atoms with Crippen LogP contribution in [0.4, 0.5) is 0 Å². The molecule has 0 bridgehead atoms. The van der Waals surface area contributed by atoms with Crippen LogP contribution in [-0.4, -0.2) is 36.7 Å². The first-order valence-corrected chi connectivity index (χ1v) is 8.61. The van der Waals surface area contributed by atoms with E-state index in [9.17, 15) is 0 Å². The Bertz CT molecular complexity index is 97.8. The Morgan fingerprint density at radius 2 is 1.67 bits per heavy atom. The summed E-state index contributed by atoms with van der Waals surface area (Å²) in [4.78, 5) is 0. The second-order valence-corrected chi connectivity index (χ2v) is 5.84. The lowest BCUT2D eigenvalue weighted by Gasteiger charge is -2.03. The van der Waals surface area contributed by atoms with Crippen LogP contribution in [0.15, 0.2) is 0 Å². The molecule has 0 spiro atoms. The van der Waals surface area contributed by atoms with E-state index in [-0.39, 0.29) is 0 Å². The minimum atomic E-state index is 0.934. The van der Waals surface area contributed by atoms with Crippen LogP contribution in [0, 0.1) is 0 Å². The van der Waals surface area contributed by atoms with E-state index in [2.05, 4.69) is 24.9 Å². The second kappa shape index (κ2) is 14.7. The van der Waals surface area contributed by atoms with Crippen LogP contribution in [0.25, 0.3) is 0 Å². The smallest absolute Gasteiger partial charge is 0.0466 e. The van der Waals surface area contributed by atoms with Crippen LogP contribution in [0.5, 0.6) is 0 Å². The third-order valence-electron chi connectivity index (χ3n) is 2.06. The van der Waals surface area contributed by atoms with Crippen LogP contribution in [0.1, 0.15) is 39.0 Å². The molecule has 0 atom stereocenters. The van der Waals surface area contributed by atoms with Crippen LogP contribution in [0.3, 0.4) is 0 Å². The van der Waals surface area contributed by atoms with E-state index in [1.165, 1.54) is 42.9 Å². The summed E-state index contributed by atoms with van der Waals surface area (Å²) in [5, 5.41) is 0. The summed E-state index contributed by atoms with van der Waals surface area (Å²) in [6.45, 7) is 4.06. The Morgan fingerprint density at radius 3 is 2.40 bits per heavy atom. The molecule has 0 rings (SSSR count). The first kappa shape index (κ1) is 15.7. The SMILES string of the molecule is CCCOCCCCCSCCCSC. The summed E-state index contributed by atoms with van der Waals surface area (Å²) in [6.07, 6.45) is 8.63. The first-order chi connectivity index (χ1) is 7.41. The molecule has 0 saturated carbocycles. The van der Waals surface area contributed by atoms with Gasteiger partial charge < -0.3 is 4.74 Å². The van der Waals surface area contributed by atoms with E-state index < -0.39 is 0 Å². The molecule has 0 aliphatic rings. The van der Waals surface area contributed by atoms with Crippen molar-refractivity contribution in [2.75, 3.05) is 36.7 Å². The maximum Gasteiger partial charge on any atom is 0.0466 e. The fraction of sp³-hybridized carbons (Fsp3) is 1.00. The van der Waals surface area contributed by atoms with Crippen molar-refractivity contribution in [2.45, 2.75) is 39.0 Å². The first-order valence-electron chi connectivity index (χ1n) is 6.06. The van der Waals surface area contributed by atoms with E-state index in [4.69, 9.17) is 4.74 Å². The van der Waals surface area contributed by atoms with E-state index in [1.807, 2.05) is 11.8 Å². The van der Waals surface area contributed by atoms with Gasteiger partial charge in [-0.3, -0.25) is 0 Å². The summed E-state index contributed by atoms with van der Waals surface area (Å²) in [5.41, 5.74) is 0. The molecular weight excluding hydrogens is 224 g/mol. The molecule has 3 heteroatoms. The molecule has 0 heterocycles. The van der Waals surface area contributed by atoms with Gasteiger partial charge in [0, 0.05) is 13.2 Å². The van der Waals surface area contributed by atoms with Crippen LogP contribution < -0.4 is 0 Å². The molecule has 0 aromatic carbocycles. The van der Waals surface area contributed by atoms with Gasteiger partial charge in [0.1, 0.15) is 0 Å². The number of unbranched alkanes of at least 4 members (excludes halogenated alkanes) is 2. The van der Waals surface area contributed by atoms with Crippen molar-refractivity contribution in [3.8, 4) is 0 Å². The highest BCUT2D eigenvalue weighted by molar-refractivity contribution is 7.99. The third-order valence-corrected chi connectivity index (χ3v) is 3.91. The van der Waals surface area contributed by atoms with Crippen molar-refractivity contribution in [3.05, 3.63) is 0 Å². The molecular formula is C12H26OS2. The largest absolute Gasteiger partial charge is 0.381 e. The summed E-state index contributed by atoms with van der Waals surface area (Å²) < 4.78 is 5.43. The van der Waals surface area contributed by atoms with Crippen LogP contribution in [-0.2, 0) is 4.74 Å². The van der Waals surface area contributed by atoms with Crippen molar-refractivity contribution < 1.29 is 4.74 Å². The average molecular weight is 250 g/mol. The Kier molecular flexibility index (Phi) is 15.3. The maximum absolute atomic E-state index is 5.43. The molecule has 0 aliphatic carbocycles. The average Bonchev–Trinajstić information content (AvgIpc) is 2.26. The topological polar surface area (TPSA) is 9.23 Å². The zero-order valence-corrected chi connectivity index (χ0v) is 11.9. The predicted octanol–water partition coefficient (Wildman–Crippen LogP) is 4.07. The van der Waals surface area contributed by atoms with E-state index in [0.717, 1.165) is 19.6 Å². The second-order valence-electron chi connectivity index (χ2n) is 3.63. The zero-order chi connectivity index (χ0) is 11.2. The number of thioether (sulfide) groups is 2. The van der Waals surface area contributed by atoms with Gasteiger partial charge in [-0.25, -0.2) is 0 Å². The molecule has 0 aromatic heterocycles. The van der Waals surface area contributed by atoms with Gasteiger partial charge in [-0.1, -0.05) is 13.3 Å². The molecule has 0 aliphatic heterocycles. The third kappa shape index (κ3) is 14.7. The molecule has 0 saturated heterocycles. The van der Waals surface area contributed by atoms with Gasteiger partial charge in [0.15, 0.2) is 0 Å². The molecule has 0 amide bonds. The highest BCUT2D eigenvalue weighted by Crippen LogP contribution is 2.09. The number of ether oxygens (including phenoxy) is 1. The number of rotatable bonds is 12. The Balaban J connectivity index is 2.81. The Morgan fingerprint density at radius 1 is 0.867 bits per heavy atom. The molecule has 92 valence electrons. The van der Waals surface area contributed by atoms with E-state index in [1.54, 1.807) is 0 Å². The summed E-state index contributed by atoms with van der Waals surface area (Å²) in [5.74, 6) is 3.99. The number of hydrogen-bond acceptors (Lipinski definition) is 3. The minimum Gasteiger partial charge on any atom is -0.381 e. The van der Waals surface area contributed by atoms with Crippen molar-refractivity contribution in [1.29, 1.82) is 0 Å². The van der Waals surface area contributed by atoms with E-state index in [0.29, 0.717) is 0 Å². The molecule has 0 fully saturated rings. The van der Waals surface area contributed by atoms with Gasteiger partial charge >= 0.3 is 0 Å². The van der Waals surface area contributed by atoms with Crippen molar-refractivity contribution >= 4 is 23.5 Å². The van der Waals surface area contributed by atoms with Gasteiger partial charge in [-0.2, -0.15) is 23.5 Å². The zero-order valence-electron chi connectivity index (χ0n) is 10.3.